The molecule has 0 fully saturated rings. The van der Waals surface area contributed by atoms with Gasteiger partial charge in [-0.05, 0) is 58.7 Å². The summed E-state index contributed by atoms with van der Waals surface area (Å²) in [6.07, 6.45) is 1.11. The molecule has 0 N–H and O–H groups in total. The van der Waals surface area contributed by atoms with Gasteiger partial charge in [0.2, 0.25) is 0 Å². The Hall–Kier alpha value is -2.14. The maximum absolute atomic E-state index is 13.2. The van der Waals surface area contributed by atoms with Crippen molar-refractivity contribution in [2.24, 2.45) is 0 Å². The molecule has 0 unspecified atom stereocenters. The van der Waals surface area contributed by atoms with Crippen molar-refractivity contribution in [3.63, 3.8) is 0 Å². The van der Waals surface area contributed by atoms with Gasteiger partial charge in [0.05, 0.1) is 0 Å². The highest BCUT2D eigenvalue weighted by Crippen LogP contribution is 2.49. The Kier molecular flexibility index (Phi) is 3.56. The van der Waals surface area contributed by atoms with Crippen molar-refractivity contribution in [3.8, 4) is 11.8 Å². The van der Waals surface area contributed by atoms with Crippen LogP contribution in [0, 0.1) is 23.5 Å². The van der Waals surface area contributed by atoms with Crippen LogP contribution in [0.25, 0.3) is 0 Å². The molecular formula is C21H20F2. The molecule has 1 aliphatic rings. The van der Waals surface area contributed by atoms with E-state index in [9.17, 15) is 8.78 Å². The first-order valence-electron chi connectivity index (χ1n) is 7.81. The summed E-state index contributed by atoms with van der Waals surface area (Å²) in [6.45, 7) is 9.06. The first kappa shape index (κ1) is 15.7. The van der Waals surface area contributed by atoms with E-state index in [1.54, 1.807) is 0 Å². The molecule has 2 aromatic carbocycles. The minimum atomic E-state index is -0.867. The molecule has 0 nitrogen and oxygen atoms in total. The summed E-state index contributed by atoms with van der Waals surface area (Å²) in [5, 5.41) is 0. The smallest absolute Gasteiger partial charge is 0.160 e. The molecule has 2 heteroatoms. The van der Waals surface area contributed by atoms with Crippen molar-refractivity contribution in [2.75, 3.05) is 0 Å². The molecule has 0 heterocycles. The van der Waals surface area contributed by atoms with E-state index >= 15 is 0 Å². The molecular weight excluding hydrogens is 290 g/mol. The zero-order valence-corrected chi connectivity index (χ0v) is 13.9. The molecule has 0 amide bonds. The van der Waals surface area contributed by atoms with Crippen LogP contribution in [0.4, 0.5) is 8.78 Å². The standard InChI is InChI=1S/C21H20F2/c1-20(2)13-21(3,4)17-11-14(7-9-16(17)20)5-6-15-8-10-18(22)19(23)12-15/h7-12H,13H2,1-4H3. The fourth-order valence-electron chi connectivity index (χ4n) is 3.79. The van der Waals surface area contributed by atoms with Gasteiger partial charge < -0.3 is 0 Å². The topological polar surface area (TPSA) is 0 Å². The second-order valence-corrected chi connectivity index (χ2v) is 7.58. The third-order valence-corrected chi connectivity index (χ3v) is 4.63. The van der Waals surface area contributed by atoms with Crippen LogP contribution in [0.1, 0.15) is 56.4 Å². The number of hydrogen-bond donors (Lipinski definition) is 0. The third-order valence-electron chi connectivity index (χ3n) is 4.63. The molecule has 0 saturated heterocycles. The van der Waals surface area contributed by atoms with Gasteiger partial charge in [0.15, 0.2) is 11.6 Å². The van der Waals surface area contributed by atoms with E-state index in [0.717, 1.165) is 24.1 Å². The lowest BCUT2D eigenvalue weighted by molar-refractivity contribution is 0.403. The van der Waals surface area contributed by atoms with Crippen molar-refractivity contribution >= 4 is 0 Å². The number of hydrogen-bond acceptors (Lipinski definition) is 0. The Morgan fingerprint density at radius 1 is 0.739 bits per heavy atom. The molecule has 0 aromatic heterocycles. The zero-order valence-electron chi connectivity index (χ0n) is 13.9. The molecule has 0 bridgehead atoms. The van der Waals surface area contributed by atoms with Gasteiger partial charge >= 0.3 is 0 Å². The van der Waals surface area contributed by atoms with Gasteiger partial charge in [-0.25, -0.2) is 8.78 Å². The second-order valence-electron chi connectivity index (χ2n) is 7.58. The van der Waals surface area contributed by atoms with E-state index in [1.807, 2.05) is 6.07 Å². The lowest BCUT2D eigenvalue weighted by Crippen LogP contribution is -2.17. The molecule has 0 aliphatic heterocycles. The van der Waals surface area contributed by atoms with Gasteiger partial charge in [-0.15, -0.1) is 0 Å². The Morgan fingerprint density at radius 2 is 1.30 bits per heavy atom. The van der Waals surface area contributed by atoms with Crippen LogP contribution in [0.3, 0.4) is 0 Å². The van der Waals surface area contributed by atoms with Gasteiger partial charge in [-0.3, -0.25) is 0 Å². The molecule has 0 spiro atoms. The van der Waals surface area contributed by atoms with Crippen molar-refractivity contribution in [2.45, 2.75) is 44.9 Å². The molecule has 3 rings (SSSR count). The highest BCUT2D eigenvalue weighted by molar-refractivity contribution is 5.51. The Morgan fingerprint density at radius 3 is 1.96 bits per heavy atom. The van der Waals surface area contributed by atoms with Gasteiger partial charge in [0, 0.05) is 11.1 Å². The third kappa shape index (κ3) is 2.88. The van der Waals surface area contributed by atoms with Gasteiger partial charge in [0.1, 0.15) is 0 Å². The minimum absolute atomic E-state index is 0.124. The lowest BCUT2D eigenvalue weighted by atomic mass is 9.82. The van der Waals surface area contributed by atoms with Gasteiger partial charge in [0.25, 0.3) is 0 Å². The summed E-state index contributed by atoms with van der Waals surface area (Å²) in [6, 6.07) is 10.0. The summed E-state index contributed by atoms with van der Waals surface area (Å²) in [5.74, 6) is 4.26. The molecule has 2 aromatic rings. The summed E-state index contributed by atoms with van der Waals surface area (Å²) < 4.78 is 26.2. The molecule has 118 valence electrons. The Balaban J connectivity index is 1.98. The van der Waals surface area contributed by atoms with Gasteiger partial charge in [-0.1, -0.05) is 45.6 Å². The van der Waals surface area contributed by atoms with E-state index in [2.05, 4.69) is 51.7 Å². The highest BCUT2D eigenvalue weighted by Gasteiger charge is 2.41. The van der Waals surface area contributed by atoms with Crippen LogP contribution in [0.15, 0.2) is 36.4 Å². The maximum Gasteiger partial charge on any atom is 0.160 e. The number of benzene rings is 2. The van der Waals surface area contributed by atoms with Crippen molar-refractivity contribution in [1.82, 2.24) is 0 Å². The fourth-order valence-corrected chi connectivity index (χ4v) is 3.79. The Bertz CT molecular complexity index is 833. The average molecular weight is 310 g/mol. The van der Waals surface area contributed by atoms with E-state index in [4.69, 9.17) is 0 Å². The lowest BCUT2D eigenvalue weighted by Gasteiger charge is -2.22. The van der Waals surface area contributed by atoms with Crippen molar-refractivity contribution < 1.29 is 8.78 Å². The van der Waals surface area contributed by atoms with E-state index in [0.29, 0.717) is 5.56 Å². The van der Waals surface area contributed by atoms with Crippen LogP contribution < -0.4 is 0 Å². The van der Waals surface area contributed by atoms with Crippen LogP contribution in [-0.4, -0.2) is 0 Å². The first-order valence-corrected chi connectivity index (χ1v) is 7.81. The molecule has 1 aliphatic carbocycles. The number of halogens is 2. The van der Waals surface area contributed by atoms with Crippen LogP contribution in [0.5, 0.6) is 0 Å². The monoisotopic (exact) mass is 310 g/mol. The second kappa shape index (κ2) is 5.20. The quantitative estimate of drug-likeness (QED) is 0.577. The zero-order chi connectivity index (χ0) is 16.8. The largest absolute Gasteiger partial charge is 0.204 e. The maximum atomic E-state index is 13.2. The molecule has 0 radical (unpaired) electrons. The predicted octanol–water partition coefficient (Wildman–Crippen LogP) is 5.32. The molecule has 0 atom stereocenters. The van der Waals surface area contributed by atoms with Crippen LogP contribution in [0.2, 0.25) is 0 Å². The predicted molar refractivity (Wildman–Crippen MR) is 89.4 cm³/mol. The van der Waals surface area contributed by atoms with E-state index in [-0.39, 0.29) is 10.8 Å². The highest BCUT2D eigenvalue weighted by atomic mass is 19.2. The van der Waals surface area contributed by atoms with E-state index < -0.39 is 11.6 Å². The van der Waals surface area contributed by atoms with Crippen LogP contribution in [-0.2, 0) is 10.8 Å². The summed E-state index contributed by atoms with van der Waals surface area (Å²) in [7, 11) is 0. The summed E-state index contributed by atoms with van der Waals surface area (Å²) in [5.41, 5.74) is 4.38. The Labute approximate surface area is 136 Å². The summed E-state index contributed by atoms with van der Waals surface area (Å²) in [4.78, 5) is 0. The number of fused-ring (bicyclic) bond motifs is 1. The first-order chi connectivity index (χ1) is 10.7. The summed E-state index contributed by atoms with van der Waals surface area (Å²) >= 11 is 0. The fraction of sp³-hybridized carbons (Fsp3) is 0.333. The van der Waals surface area contributed by atoms with Crippen molar-refractivity contribution in [1.29, 1.82) is 0 Å². The normalized spacial score (nSPS) is 17.3. The molecule has 0 saturated carbocycles. The minimum Gasteiger partial charge on any atom is -0.204 e. The van der Waals surface area contributed by atoms with E-state index in [1.165, 1.54) is 17.2 Å². The van der Waals surface area contributed by atoms with Crippen molar-refractivity contribution in [3.05, 3.63) is 70.3 Å². The number of rotatable bonds is 0. The SMILES string of the molecule is CC1(C)CC(C)(C)c2cc(C#Cc3ccc(F)c(F)c3)ccc21. The van der Waals surface area contributed by atoms with Crippen LogP contribution >= 0.6 is 0 Å². The average Bonchev–Trinajstić information content (AvgIpc) is 2.65. The molecule has 23 heavy (non-hydrogen) atoms. The van der Waals surface area contributed by atoms with Gasteiger partial charge in [-0.2, -0.15) is 0 Å².